The number of aromatic nitrogens is 2. The lowest BCUT2D eigenvalue weighted by molar-refractivity contribution is -0.118. The predicted octanol–water partition coefficient (Wildman–Crippen LogP) is 4.01. The summed E-state index contributed by atoms with van der Waals surface area (Å²) < 4.78 is 10.9. The van der Waals surface area contributed by atoms with Gasteiger partial charge < -0.3 is 14.5 Å². The molecule has 3 rings (SSSR count). The number of hydrogen-bond donors (Lipinski definition) is 1. The number of nitrogens with one attached hydrogen (secondary N) is 1. The maximum atomic E-state index is 12.0. The summed E-state index contributed by atoms with van der Waals surface area (Å²) in [5, 5.41) is 11.5. The number of nitrogens with zero attached hydrogens (tertiary/aromatic N) is 2. The van der Waals surface area contributed by atoms with Crippen LogP contribution in [-0.2, 0) is 24.1 Å². The molecule has 1 aromatic heterocycles. The summed E-state index contributed by atoms with van der Waals surface area (Å²) in [6, 6.07) is 16.3. The molecule has 0 saturated carbocycles. The van der Waals surface area contributed by atoms with Gasteiger partial charge in [0.2, 0.25) is 11.8 Å². The topological polar surface area (TPSA) is 77.2 Å². The Morgan fingerprint density at radius 2 is 1.90 bits per heavy atom. The van der Waals surface area contributed by atoms with Gasteiger partial charge in [-0.1, -0.05) is 54.2 Å². The molecule has 0 radical (unpaired) electrons. The van der Waals surface area contributed by atoms with Crippen molar-refractivity contribution in [1.29, 1.82) is 0 Å². The number of carbonyl (C=O) groups excluding carboxylic acids is 1. The summed E-state index contributed by atoms with van der Waals surface area (Å²) in [6.07, 6.45) is 3.37. The van der Waals surface area contributed by atoms with Gasteiger partial charge in [0.25, 0.3) is 5.22 Å². The summed E-state index contributed by atoms with van der Waals surface area (Å²) in [5.41, 5.74) is 3.60. The van der Waals surface area contributed by atoms with Crippen molar-refractivity contribution in [2.75, 3.05) is 19.4 Å². The van der Waals surface area contributed by atoms with Gasteiger partial charge in [0.15, 0.2) is 0 Å². The van der Waals surface area contributed by atoms with Crippen LogP contribution in [0.2, 0.25) is 0 Å². The Labute approximate surface area is 181 Å². The van der Waals surface area contributed by atoms with E-state index >= 15 is 0 Å². The Bertz CT molecular complexity index is 944. The molecule has 6 nitrogen and oxygen atoms in total. The predicted molar refractivity (Wildman–Crippen MR) is 118 cm³/mol. The standard InChI is InChI=1S/C23H27N3O3S/c1-17-15-19(11-12-20(17)28-2)9-6-10-22-25-26-23(29-22)30-16-21(27)24-14-13-18-7-4-3-5-8-18/h3-5,7-8,11-12,15H,6,9-10,13-14,16H2,1-2H3,(H,24,27). The van der Waals surface area contributed by atoms with Gasteiger partial charge in [0.1, 0.15) is 5.75 Å². The lowest BCUT2D eigenvalue weighted by Crippen LogP contribution is -2.27. The molecule has 0 unspecified atom stereocenters. The number of benzene rings is 2. The third-order valence-corrected chi connectivity index (χ3v) is 5.49. The number of methoxy groups -OCH3 is 1. The van der Waals surface area contributed by atoms with E-state index in [1.165, 1.54) is 22.9 Å². The second-order valence-electron chi connectivity index (χ2n) is 6.99. The van der Waals surface area contributed by atoms with Gasteiger partial charge in [-0.15, -0.1) is 10.2 Å². The van der Waals surface area contributed by atoms with Crippen LogP contribution >= 0.6 is 11.8 Å². The average Bonchev–Trinajstić information content (AvgIpc) is 3.21. The van der Waals surface area contributed by atoms with Crippen molar-refractivity contribution in [1.82, 2.24) is 15.5 Å². The van der Waals surface area contributed by atoms with Crippen LogP contribution in [0.3, 0.4) is 0 Å². The molecule has 1 heterocycles. The highest BCUT2D eigenvalue weighted by Crippen LogP contribution is 2.20. The van der Waals surface area contributed by atoms with Crippen molar-refractivity contribution >= 4 is 17.7 Å². The fourth-order valence-corrected chi connectivity index (χ4v) is 3.72. The van der Waals surface area contributed by atoms with Gasteiger partial charge >= 0.3 is 0 Å². The Balaban J connectivity index is 1.34. The van der Waals surface area contributed by atoms with E-state index in [4.69, 9.17) is 9.15 Å². The van der Waals surface area contributed by atoms with E-state index in [0.717, 1.165) is 30.6 Å². The Morgan fingerprint density at radius 3 is 2.67 bits per heavy atom. The number of aryl methyl sites for hydroxylation is 3. The van der Waals surface area contributed by atoms with E-state index in [2.05, 4.69) is 39.8 Å². The molecule has 3 aromatic rings. The first kappa shape index (κ1) is 21.9. The van der Waals surface area contributed by atoms with E-state index in [1.54, 1.807) is 7.11 Å². The summed E-state index contributed by atoms with van der Waals surface area (Å²) in [7, 11) is 1.68. The van der Waals surface area contributed by atoms with Crippen LogP contribution in [-0.4, -0.2) is 35.5 Å². The molecule has 2 aromatic carbocycles. The van der Waals surface area contributed by atoms with Gasteiger partial charge in [-0.3, -0.25) is 4.79 Å². The summed E-state index contributed by atoms with van der Waals surface area (Å²) in [5.74, 6) is 1.74. The molecule has 0 fully saturated rings. The molecule has 0 spiro atoms. The summed E-state index contributed by atoms with van der Waals surface area (Å²) in [6.45, 7) is 2.66. The highest BCUT2D eigenvalue weighted by molar-refractivity contribution is 7.99. The molecule has 158 valence electrons. The highest BCUT2D eigenvalue weighted by Gasteiger charge is 2.10. The maximum absolute atomic E-state index is 12.0. The highest BCUT2D eigenvalue weighted by atomic mass is 32.2. The van der Waals surface area contributed by atoms with Crippen LogP contribution in [0.15, 0.2) is 58.2 Å². The first-order chi connectivity index (χ1) is 14.6. The average molecular weight is 426 g/mol. The van der Waals surface area contributed by atoms with Crippen LogP contribution in [0.1, 0.15) is 29.0 Å². The first-order valence-corrected chi connectivity index (χ1v) is 11.0. The third-order valence-electron chi connectivity index (χ3n) is 4.67. The lowest BCUT2D eigenvalue weighted by atomic mass is 10.1. The molecule has 0 saturated heterocycles. The monoisotopic (exact) mass is 425 g/mol. The molecule has 0 atom stereocenters. The van der Waals surface area contributed by atoms with Crippen molar-refractivity contribution in [3.63, 3.8) is 0 Å². The summed E-state index contributed by atoms with van der Waals surface area (Å²) in [4.78, 5) is 12.0. The van der Waals surface area contributed by atoms with Gasteiger partial charge in [-0.2, -0.15) is 0 Å². The van der Waals surface area contributed by atoms with Crippen LogP contribution in [0, 0.1) is 6.92 Å². The Kier molecular flexibility index (Phi) is 8.32. The van der Waals surface area contributed by atoms with E-state index in [0.29, 0.717) is 24.1 Å². The minimum atomic E-state index is -0.0365. The SMILES string of the molecule is COc1ccc(CCCc2nnc(SCC(=O)NCCc3ccccc3)o2)cc1C. The van der Waals surface area contributed by atoms with Gasteiger partial charge in [0, 0.05) is 13.0 Å². The van der Waals surface area contributed by atoms with Crippen LogP contribution < -0.4 is 10.1 Å². The molecule has 0 bridgehead atoms. The second kappa shape index (κ2) is 11.4. The van der Waals surface area contributed by atoms with E-state index < -0.39 is 0 Å². The number of hydrogen-bond acceptors (Lipinski definition) is 6. The van der Waals surface area contributed by atoms with Crippen LogP contribution in [0.25, 0.3) is 0 Å². The zero-order valence-electron chi connectivity index (χ0n) is 17.4. The van der Waals surface area contributed by atoms with E-state index in [9.17, 15) is 4.79 Å². The summed E-state index contributed by atoms with van der Waals surface area (Å²) >= 11 is 1.27. The maximum Gasteiger partial charge on any atom is 0.277 e. The molecular weight excluding hydrogens is 398 g/mol. The number of amides is 1. The Hall–Kier alpha value is -2.80. The van der Waals surface area contributed by atoms with Crippen molar-refractivity contribution in [3.8, 4) is 5.75 Å². The third kappa shape index (κ3) is 6.91. The number of carbonyl (C=O) groups is 1. The van der Waals surface area contributed by atoms with Crippen molar-refractivity contribution in [3.05, 3.63) is 71.1 Å². The quantitative estimate of drug-likeness (QED) is 0.468. The normalized spacial score (nSPS) is 10.7. The lowest BCUT2D eigenvalue weighted by Gasteiger charge is -2.06. The molecule has 0 aliphatic carbocycles. The number of ether oxygens (including phenoxy) is 1. The minimum absolute atomic E-state index is 0.0365. The van der Waals surface area contributed by atoms with Crippen LogP contribution in [0.4, 0.5) is 0 Å². The van der Waals surface area contributed by atoms with E-state index in [-0.39, 0.29) is 11.7 Å². The van der Waals surface area contributed by atoms with Crippen molar-refractivity contribution < 1.29 is 13.9 Å². The molecule has 0 aliphatic rings. The smallest absolute Gasteiger partial charge is 0.277 e. The molecule has 0 aliphatic heterocycles. The Morgan fingerprint density at radius 1 is 1.07 bits per heavy atom. The fraction of sp³-hybridized carbons (Fsp3) is 0.348. The van der Waals surface area contributed by atoms with Gasteiger partial charge in [-0.25, -0.2) is 0 Å². The zero-order valence-corrected chi connectivity index (χ0v) is 18.2. The molecule has 7 heteroatoms. The molecule has 1 amide bonds. The molecule has 1 N–H and O–H groups in total. The van der Waals surface area contributed by atoms with Crippen molar-refractivity contribution in [2.24, 2.45) is 0 Å². The molecular formula is C23H27N3O3S. The van der Waals surface area contributed by atoms with E-state index in [1.807, 2.05) is 31.2 Å². The zero-order chi connectivity index (χ0) is 21.2. The fourth-order valence-electron chi connectivity index (χ4n) is 3.11. The second-order valence-corrected chi connectivity index (χ2v) is 7.92. The first-order valence-electron chi connectivity index (χ1n) is 10.0. The number of rotatable bonds is 11. The number of thioether (sulfide) groups is 1. The van der Waals surface area contributed by atoms with Crippen molar-refractivity contribution in [2.45, 2.75) is 37.8 Å². The largest absolute Gasteiger partial charge is 0.496 e. The van der Waals surface area contributed by atoms with Crippen LogP contribution in [0.5, 0.6) is 5.75 Å². The van der Waals surface area contributed by atoms with Gasteiger partial charge in [-0.05, 0) is 48.9 Å². The minimum Gasteiger partial charge on any atom is -0.496 e. The van der Waals surface area contributed by atoms with Gasteiger partial charge in [0.05, 0.1) is 12.9 Å². The molecule has 30 heavy (non-hydrogen) atoms.